The molecule has 0 bridgehead atoms. The number of carbonyl (C=O) groups is 3. The average Bonchev–Trinajstić information content (AvgIpc) is 3.18. The van der Waals surface area contributed by atoms with Gasteiger partial charge in [-0.3, -0.25) is 9.59 Å². The summed E-state index contributed by atoms with van der Waals surface area (Å²) in [5.41, 5.74) is 4.69. The summed E-state index contributed by atoms with van der Waals surface area (Å²) in [6, 6.07) is 16.4. The van der Waals surface area contributed by atoms with E-state index in [0.717, 1.165) is 36.8 Å². The fourth-order valence-corrected chi connectivity index (χ4v) is 5.13. The zero-order valence-corrected chi connectivity index (χ0v) is 19.5. The molecule has 3 N–H and O–H groups in total. The van der Waals surface area contributed by atoms with Crippen LogP contribution < -0.4 is 10.6 Å². The van der Waals surface area contributed by atoms with Crippen molar-refractivity contribution < 1.29 is 24.2 Å². The van der Waals surface area contributed by atoms with Crippen LogP contribution >= 0.6 is 0 Å². The molecule has 0 saturated heterocycles. The number of benzene rings is 2. The Morgan fingerprint density at radius 3 is 2.24 bits per heavy atom. The molecule has 2 aromatic rings. The molecule has 180 valence electrons. The van der Waals surface area contributed by atoms with E-state index in [1.54, 1.807) is 6.92 Å². The summed E-state index contributed by atoms with van der Waals surface area (Å²) in [6.45, 7) is 2.29. The fourth-order valence-electron chi connectivity index (χ4n) is 5.13. The van der Waals surface area contributed by atoms with Gasteiger partial charge in [0.2, 0.25) is 5.91 Å². The largest absolute Gasteiger partial charge is 0.481 e. The monoisotopic (exact) mass is 464 g/mol. The number of hydrogen-bond acceptors (Lipinski definition) is 4. The number of fused-ring (bicyclic) bond motifs is 3. The maximum Gasteiger partial charge on any atom is 0.407 e. The number of hydrogen-bond donors (Lipinski definition) is 3. The number of rotatable bonds is 8. The minimum atomic E-state index is -0.933. The number of carboxylic acid groups (broad SMARTS) is 1. The number of ether oxygens (including phenoxy) is 1. The molecule has 34 heavy (non-hydrogen) atoms. The van der Waals surface area contributed by atoms with Crippen molar-refractivity contribution in [3.05, 3.63) is 59.7 Å². The van der Waals surface area contributed by atoms with Gasteiger partial charge in [-0.2, -0.15) is 0 Å². The highest BCUT2D eigenvalue weighted by atomic mass is 16.5. The van der Waals surface area contributed by atoms with E-state index in [9.17, 15) is 14.4 Å². The van der Waals surface area contributed by atoms with Crippen LogP contribution in [-0.4, -0.2) is 42.8 Å². The van der Waals surface area contributed by atoms with Crippen LogP contribution in [0.4, 0.5) is 4.79 Å². The lowest BCUT2D eigenvalue weighted by atomic mass is 9.78. The molecule has 4 rings (SSSR count). The van der Waals surface area contributed by atoms with Crippen LogP contribution in [-0.2, 0) is 14.3 Å². The van der Waals surface area contributed by atoms with Gasteiger partial charge in [0.15, 0.2) is 0 Å². The van der Waals surface area contributed by atoms with E-state index < -0.39 is 18.0 Å². The molecule has 1 fully saturated rings. The van der Waals surface area contributed by atoms with Crippen molar-refractivity contribution in [2.45, 2.75) is 38.5 Å². The van der Waals surface area contributed by atoms with E-state index >= 15 is 0 Å². The molecule has 0 aliphatic heterocycles. The SMILES string of the molecule is CC(CNC(=O)C1CCCCC1CNC(=O)OCC1c2ccccc2-c2ccccc21)C(=O)O. The van der Waals surface area contributed by atoms with E-state index in [-0.39, 0.29) is 36.8 Å². The third kappa shape index (κ3) is 5.24. The van der Waals surface area contributed by atoms with Crippen molar-refractivity contribution in [1.82, 2.24) is 10.6 Å². The zero-order chi connectivity index (χ0) is 24.1. The van der Waals surface area contributed by atoms with Crippen molar-refractivity contribution >= 4 is 18.0 Å². The maximum absolute atomic E-state index is 12.7. The van der Waals surface area contributed by atoms with Crippen LogP contribution in [0.1, 0.15) is 49.7 Å². The maximum atomic E-state index is 12.7. The van der Waals surface area contributed by atoms with E-state index in [1.807, 2.05) is 24.3 Å². The first-order valence-corrected chi connectivity index (χ1v) is 12.0. The second-order valence-electron chi connectivity index (χ2n) is 9.34. The van der Waals surface area contributed by atoms with Gasteiger partial charge in [0.05, 0.1) is 5.92 Å². The highest BCUT2D eigenvalue weighted by Crippen LogP contribution is 2.44. The van der Waals surface area contributed by atoms with Gasteiger partial charge in [0.1, 0.15) is 6.61 Å². The Balaban J connectivity index is 1.30. The molecule has 0 heterocycles. The molecule has 2 aromatic carbocycles. The molecular weight excluding hydrogens is 432 g/mol. The smallest absolute Gasteiger partial charge is 0.407 e. The van der Waals surface area contributed by atoms with Crippen LogP contribution in [0.15, 0.2) is 48.5 Å². The van der Waals surface area contributed by atoms with Crippen LogP contribution in [0.3, 0.4) is 0 Å². The van der Waals surface area contributed by atoms with Gasteiger partial charge in [-0.15, -0.1) is 0 Å². The number of aliphatic carboxylic acids is 1. The summed E-state index contributed by atoms with van der Waals surface area (Å²) >= 11 is 0. The van der Waals surface area contributed by atoms with Crippen molar-refractivity contribution in [2.75, 3.05) is 19.7 Å². The summed E-state index contributed by atoms with van der Waals surface area (Å²) < 4.78 is 5.62. The molecule has 0 spiro atoms. The number of nitrogens with one attached hydrogen (secondary N) is 2. The Morgan fingerprint density at radius 2 is 1.59 bits per heavy atom. The van der Waals surface area contributed by atoms with E-state index in [4.69, 9.17) is 9.84 Å². The Kier molecular flexibility index (Phi) is 7.50. The fraction of sp³-hybridized carbons (Fsp3) is 0.444. The lowest BCUT2D eigenvalue weighted by Crippen LogP contribution is -2.43. The predicted molar refractivity (Wildman–Crippen MR) is 128 cm³/mol. The second-order valence-corrected chi connectivity index (χ2v) is 9.34. The Hall–Kier alpha value is -3.35. The molecule has 3 unspecified atom stereocenters. The lowest BCUT2D eigenvalue weighted by molar-refractivity contribution is -0.141. The molecule has 2 amide bonds. The molecule has 2 aliphatic rings. The van der Waals surface area contributed by atoms with Gasteiger partial charge in [0.25, 0.3) is 0 Å². The molecule has 7 heteroatoms. The summed E-state index contributed by atoms with van der Waals surface area (Å²) in [5.74, 6) is -1.92. The molecule has 0 aromatic heterocycles. The Morgan fingerprint density at radius 1 is 0.971 bits per heavy atom. The number of alkyl carbamates (subject to hydrolysis) is 1. The first-order valence-electron chi connectivity index (χ1n) is 12.0. The Bertz CT molecular complexity index is 1010. The van der Waals surface area contributed by atoms with E-state index in [0.29, 0.717) is 6.54 Å². The second kappa shape index (κ2) is 10.7. The zero-order valence-electron chi connectivity index (χ0n) is 19.5. The van der Waals surface area contributed by atoms with Crippen molar-refractivity contribution in [3.8, 4) is 11.1 Å². The lowest BCUT2D eigenvalue weighted by Gasteiger charge is -2.30. The van der Waals surface area contributed by atoms with Gasteiger partial charge in [-0.25, -0.2) is 4.79 Å². The topological polar surface area (TPSA) is 105 Å². The molecule has 2 aliphatic carbocycles. The van der Waals surface area contributed by atoms with Gasteiger partial charge in [-0.05, 0) is 41.0 Å². The van der Waals surface area contributed by atoms with Gasteiger partial charge in [0, 0.05) is 24.9 Å². The normalized spacial score (nSPS) is 20.0. The number of carboxylic acids is 1. The minimum absolute atomic E-state index is 0.00239. The molecular formula is C27H32N2O5. The van der Waals surface area contributed by atoms with Crippen LogP contribution in [0.25, 0.3) is 11.1 Å². The third-order valence-corrected chi connectivity index (χ3v) is 7.10. The van der Waals surface area contributed by atoms with Gasteiger partial charge < -0.3 is 20.5 Å². The van der Waals surface area contributed by atoms with E-state index in [1.165, 1.54) is 11.1 Å². The van der Waals surface area contributed by atoms with Crippen molar-refractivity contribution in [2.24, 2.45) is 17.8 Å². The summed E-state index contributed by atoms with van der Waals surface area (Å²) in [6.07, 6.45) is 3.06. The predicted octanol–water partition coefficient (Wildman–Crippen LogP) is 4.17. The van der Waals surface area contributed by atoms with Gasteiger partial charge in [-0.1, -0.05) is 68.3 Å². The molecule has 7 nitrogen and oxygen atoms in total. The summed E-state index contributed by atoms with van der Waals surface area (Å²) in [5, 5.41) is 14.7. The van der Waals surface area contributed by atoms with Gasteiger partial charge >= 0.3 is 12.1 Å². The first-order chi connectivity index (χ1) is 16.5. The first kappa shape index (κ1) is 23.8. The van der Waals surface area contributed by atoms with Crippen molar-refractivity contribution in [3.63, 3.8) is 0 Å². The summed E-state index contributed by atoms with van der Waals surface area (Å²) in [7, 11) is 0. The van der Waals surface area contributed by atoms with E-state index in [2.05, 4.69) is 34.9 Å². The van der Waals surface area contributed by atoms with Crippen LogP contribution in [0.2, 0.25) is 0 Å². The number of amides is 2. The molecule has 0 radical (unpaired) electrons. The third-order valence-electron chi connectivity index (χ3n) is 7.10. The highest BCUT2D eigenvalue weighted by Gasteiger charge is 2.32. The molecule has 1 saturated carbocycles. The highest BCUT2D eigenvalue weighted by molar-refractivity contribution is 5.80. The van der Waals surface area contributed by atoms with Crippen molar-refractivity contribution in [1.29, 1.82) is 0 Å². The van der Waals surface area contributed by atoms with Crippen LogP contribution in [0.5, 0.6) is 0 Å². The van der Waals surface area contributed by atoms with Crippen LogP contribution in [0, 0.1) is 17.8 Å². The Labute approximate surface area is 199 Å². The quantitative estimate of drug-likeness (QED) is 0.544. The number of carbonyl (C=O) groups excluding carboxylic acids is 2. The summed E-state index contributed by atoms with van der Waals surface area (Å²) in [4.78, 5) is 36.2. The minimum Gasteiger partial charge on any atom is -0.481 e. The average molecular weight is 465 g/mol. The molecule has 3 atom stereocenters. The standard InChI is InChI=1S/C27H32N2O5/c1-17(26(31)32)14-28-25(30)19-9-3-2-8-18(19)15-29-27(33)34-16-24-22-12-6-4-10-20(22)21-11-5-7-13-23(21)24/h4-7,10-13,17-19,24H,2-3,8-9,14-16H2,1H3,(H,28,30)(H,29,33)(H,31,32).